The van der Waals surface area contributed by atoms with Crippen molar-refractivity contribution in [3.8, 4) is 0 Å². The van der Waals surface area contributed by atoms with E-state index in [4.69, 9.17) is 0 Å². The van der Waals surface area contributed by atoms with Crippen molar-refractivity contribution in [2.24, 2.45) is 11.8 Å². The van der Waals surface area contributed by atoms with Crippen LogP contribution < -0.4 is 0 Å². The zero-order chi connectivity index (χ0) is 6.85. The van der Waals surface area contributed by atoms with Gasteiger partial charge in [0.25, 0.3) is 0 Å². The number of alkyl halides is 1. The summed E-state index contributed by atoms with van der Waals surface area (Å²) in [6.07, 6.45) is 2.30. The third kappa shape index (κ3) is 1.96. The van der Waals surface area contributed by atoms with Gasteiger partial charge in [0.05, 0.1) is 0 Å². The molecule has 1 aliphatic rings. The summed E-state index contributed by atoms with van der Waals surface area (Å²) in [7, 11) is 0. The summed E-state index contributed by atoms with van der Waals surface area (Å²) < 4.78 is 12.7. The van der Waals surface area contributed by atoms with E-state index in [1.807, 2.05) is 0 Å². The lowest BCUT2D eigenvalue weighted by Gasteiger charge is -2.26. The van der Waals surface area contributed by atoms with Crippen molar-refractivity contribution in [2.75, 3.05) is 0 Å². The Morgan fingerprint density at radius 3 is 1.78 bits per heavy atom. The van der Waals surface area contributed by atoms with E-state index in [1.54, 1.807) is 0 Å². The highest BCUT2D eigenvalue weighted by Crippen LogP contribution is 2.29. The highest BCUT2D eigenvalue weighted by Gasteiger charge is 2.22. The molecule has 0 amide bonds. The van der Waals surface area contributed by atoms with Crippen molar-refractivity contribution in [2.45, 2.75) is 39.3 Å². The maximum atomic E-state index is 12.7. The van der Waals surface area contributed by atoms with Crippen molar-refractivity contribution in [1.29, 1.82) is 0 Å². The molecule has 2 unspecified atom stereocenters. The van der Waals surface area contributed by atoms with Gasteiger partial charge in [-0.2, -0.15) is 0 Å². The van der Waals surface area contributed by atoms with Gasteiger partial charge in [0.15, 0.2) is 0 Å². The molecule has 0 heterocycles. The largest absolute Gasteiger partial charge is 0.247 e. The van der Waals surface area contributed by atoms with Gasteiger partial charge in [0.1, 0.15) is 6.17 Å². The second kappa shape index (κ2) is 2.68. The van der Waals surface area contributed by atoms with E-state index < -0.39 is 6.17 Å². The van der Waals surface area contributed by atoms with Gasteiger partial charge in [-0.3, -0.25) is 0 Å². The first-order valence-electron chi connectivity index (χ1n) is 3.82. The van der Waals surface area contributed by atoms with Gasteiger partial charge in [-0.25, -0.2) is 4.39 Å². The number of hydrogen-bond acceptors (Lipinski definition) is 0. The summed E-state index contributed by atoms with van der Waals surface area (Å²) in [5.74, 6) is 1.23. The molecule has 1 rings (SSSR count). The molecule has 0 aromatic rings. The van der Waals surface area contributed by atoms with Crippen LogP contribution in [0.5, 0.6) is 0 Å². The number of halogens is 1. The fraction of sp³-hybridized carbons (Fsp3) is 1.00. The van der Waals surface area contributed by atoms with Crippen LogP contribution in [0.4, 0.5) is 4.39 Å². The van der Waals surface area contributed by atoms with E-state index in [0.717, 1.165) is 12.8 Å². The van der Waals surface area contributed by atoms with Gasteiger partial charge >= 0.3 is 0 Å². The van der Waals surface area contributed by atoms with Crippen LogP contribution >= 0.6 is 0 Å². The summed E-state index contributed by atoms with van der Waals surface area (Å²) >= 11 is 0. The molecule has 0 spiro atoms. The predicted octanol–water partition coefficient (Wildman–Crippen LogP) is 2.78. The fourth-order valence-corrected chi connectivity index (χ4v) is 1.85. The van der Waals surface area contributed by atoms with Crippen molar-refractivity contribution in [3.63, 3.8) is 0 Å². The van der Waals surface area contributed by atoms with Crippen molar-refractivity contribution in [1.82, 2.24) is 0 Å². The normalized spacial score (nSPS) is 45.0. The van der Waals surface area contributed by atoms with Gasteiger partial charge in [0, 0.05) is 0 Å². The molecule has 0 bridgehead atoms. The topological polar surface area (TPSA) is 0 Å². The Hall–Kier alpha value is -0.0700. The minimum atomic E-state index is -0.510. The molecule has 0 aromatic heterocycles. The van der Waals surface area contributed by atoms with Gasteiger partial charge in [-0.15, -0.1) is 0 Å². The second-order valence-corrected chi connectivity index (χ2v) is 3.51. The summed E-state index contributed by atoms with van der Waals surface area (Å²) in [6.45, 7) is 4.28. The summed E-state index contributed by atoms with van der Waals surface area (Å²) in [5, 5.41) is 0. The molecule has 1 aliphatic carbocycles. The highest BCUT2D eigenvalue weighted by molar-refractivity contribution is 4.73. The molecule has 0 N–H and O–H groups in total. The molecule has 0 aromatic carbocycles. The van der Waals surface area contributed by atoms with E-state index in [0.29, 0.717) is 11.8 Å². The third-order valence-corrected chi connectivity index (χ3v) is 2.12. The van der Waals surface area contributed by atoms with Gasteiger partial charge in [-0.1, -0.05) is 13.8 Å². The smallest absolute Gasteiger partial charge is 0.101 e. The fourth-order valence-electron chi connectivity index (χ4n) is 1.85. The van der Waals surface area contributed by atoms with E-state index in [2.05, 4.69) is 13.8 Å². The summed E-state index contributed by atoms with van der Waals surface area (Å²) in [4.78, 5) is 0. The van der Waals surface area contributed by atoms with Gasteiger partial charge < -0.3 is 0 Å². The Labute approximate surface area is 56.5 Å². The van der Waals surface area contributed by atoms with Crippen LogP contribution in [0, 0.1) is 11.8 Å². The van der Waals surface area contributed by atoms with E-state index >= 15 is 0 Å². The Balaban J connectivity index is 2.34. The summed E-state index contributed by atoms with van der Waals surface area (Å²) in [5.41, 5.74) is 0. The Morgan fingerprint density at radius 2 is 1.44 bits per heavy atom. The van der Waals surface area contributed by atoms with Crippen molar-refractivity contribution >= 4 is 0 Å². The third-order valence-electron chi connectivity index (χ3n) is 2.12. The molecular formula is C8H15F. The molecule has 0 saturated heterocycles. The quantitative estimate of drug-likeness (QED) is 0.473. The Kier molecular flexibility index (Phi) is 2.09. The number of hydrogen-bond donors (Lipinski definition) is 0. The molecule has 3 atom stereocenters. The highest BCUT2D eigenvalue weighted by atomic mass is 19.1. The lowest BCUT2D eigenvalue weighted by atomic mass is 9.82. The van der Waals surface area contributed by atoms with Gasteiger partial charge in [-0.05, 0) is 31.1 Å². The van der Waals surface area contributed by atoms with Crippen LogP contribution in [0.15, 0.2) is 0 Å². The molecule has 0 radical (unpaired) electrons. The van der Waals surface area contributed by atoms with Crippen LogP contribution in [0.3, 0.4) is 0 Å². The lowest BCUT2D eigenvalue weighted by Crippen LogP contribution is -2.19. The molecule has 1 fully saturated rings. The first-order valence-corrected chi connectivity index (χ1v) is 3.82. The lowest BCUT2D eigenvalue weighted by molar-refractivity contribution is 0.165. The Morgan fingerprint density at radius 1 is 1.00 bits per heavy atom. The van der Waals surface area contributed by atoms with E-state index in [9.17, 15) is 4.39 Å². The van der Waals surface area contributed by atoms with Crippen LogP contribution in [-0.2, 0) is 0 Å². The first kappa shape index (κ1) is 7.04. The van der Waals surface area contributed by atoms with E-state index in [1.165, 1.54) is 6.42 Å². The first-order chi connectivity index (χ1) is 4.18. The van der Waals surface area contributed by atoms with Crippen LogP contribution in [-0.4, -0.2) is 6.17 Å². The standard InChI is InChI=1S/C8H15F/c1-6-3-7(2)5-8(9)4-6/h6-8H,3-5H2,1-2H3/t6-,7?,8?/m0/s1. The molecule has 9 heavy (non-hydrogen) atoms. The maximum Gasteiger partial charge on any atom is 0.101 e. The minimum absolute atomic E-state index is 0.510. The maximum absolute atomic E-state index is 12.7. The molecule has 54 valence electrons. The average Bonchev–Trinajstić information content (AvgIpc) is 1.59. The minimum Gasteiger partial charge on any atom is -0.247 e. The van der Waals surface area contributed by atoms with Crippen LogP contribution in [0.25, 0.3) is 0 Å². The number of rotatable bonds is 0. The van der Waals surface area contributed by atoms with Crippen molar-refractivity contribution < 1.29 is 4.39 Å². The van der Waals surface area contributed by atoms with Crippen LogP contribution in [0.2, 0.25) is 0 Å². The molecular weight excluding hydrogens is 115 g/mol. The van der Waals surface area contributed by atoms with Crippen LogP contribution in [0.1, 0.15) is 33.1 Å². The molecule has 0 aliphatic heterocycles. The zero-order valence-corrected chi connectivity index (χ0v) is 6.23. The Bertz CT molecular complexity index is 65.5. The van der Waals surface area contributed by atoms with Crippen molar-refractivity contribution in [3.05, 3.63) is 0 Å². The second-order valence-electron chi connectivity index (χ2n) is 3.51. The molecule has 1 saturated carbocycles. The SMILES string of the molecule is CC1CC(F)C[C@@H](C)C1. The van der Waals surface area contributed by atoms with Gasteiger partial charge in [0.2, 0.25) is 0 Å². The van der Waals surface area contributed by atoms with E-state index in [-0.39, 0.29) is 0 Å². The monoisotopic (exact) mass is 130 g/mol. The average molecular weight is 130 g/mol. The predicted molar refractivity (Wildman–Crippen MR) is 37.1 cm³/mol. The zero-order valence-electron chi connectivity index (χ0n) is 6.23. The molecule has 0 nitrogen and oxygen atoms in total. The molecule has 1 heteroatoms. The summed E-state index contributed by atoms with van der Waals surface area (Å²) in [6, 6.07) is 0.